The Balaban J connectivity index is 2.19. The topological polar surface area (TPSA) is 43.1 Å². The molecule has 1 saturated carbocycles. The number of rotatable bonds is 2. The third-order valence-electron chi connectivity index (χ3n) is 3.21. The van der Waals surface area contributed by atoms with E-state index in [1.807, 2.05) is 0 Å². The monoisotopic (exact) mass is 207 g/mol. The zero-order valence-electron chi connectivity index (χ0n) is 9.16. The molecule has 0 radical (unpaired) electrons. The quantitative estimate of drug-likeness (QED) is 0.552. The van der Waals surface area contributed by atoms with Crippen LogP contribution in [0.5, 0.6) is 0 Å². The van der Waals surface area contributed by atoms with Gasteiger partial charge in [-0.05, 0) is 18.8 Å². The number of ketones is 1. The van der Waals surface area contributed by atoms with Crippen LogP contribution in [0.15, 0.2) is 10.7 Å². The Bertz CT molecular complexity index is 335. The van der Waals surface area contributed by atoms with Crippen molar-refractivity contribution in [1.29, 1.82) is 0 Å². The van der Waals surface area contributed by atoms with Crippen molar-refractivity contribution in [3.05, 3.63) is 17.5 Å². The summed E-state index contributed by atoms with van der Waals surface area (Å²) in [6, 6.07) is 0. The summed E-state index contributed by atoms with van der Waals surface area (Å²) in [4.78, 5) is 11.3. The Hall–Kier alpha value is -1.12. The molecule has 0 aromatic carbocycles. The fourth-order valence-electron chi connectivity index (χ4n) is 2.40. The lowest BCUT2D eigenvalue weighted by atomic mass is 9.92. The molecule has 1 aliphatic carbocycles. The molecule has 82 valence electrons. The van der Waals surface area contributed by atoms with Gasteiger partial charge in [-0.1, -0.05) is 30.8 Å². The smallest absolute Gasteiger partial charge is 0.205 e. The van der Waals surface area contributed by atoms with Crippen LogP contribution in [0.1, 0.15) is 67.5 Å². The molecule has 1 aromatic heterocycles. The van der Waals surface area contributed by atoms with Crippen LogP contribution in [-0.4, -0.2) is 10.9 Å². The van der Waals surface area contributed by atoms with Crippen LogP contribution in [0.4, 0.5) is 0 Å². The third-order valence-corrected chi connectivity index (χ3v) is 3.21. The maximum atomic E-state index is 11.3. The van der Waals surface area contributed by atoms with Crippen LogP contribution in [0.2, 0.25) is 0 Å². The minimum atomic E-state index is -0.00764. The molecule has 1 fully saturated rings. The van der Waals surface area contributed by atoms with Crippen molar-refractivity contribution in [1.82, 2.24) is 5.16 Å². The first-order chi connectivity index (χ1) is 7.29. The maximum absolute atomic E-state index is 11.3. The van der Waals surface area contributed by atoms with Crippen LogP contribution in [-0.2, 0) is 0 Å². The van der Waals surface area contributed by atoms with E-state index < -0.39 is 0 Å². The van der Waals surface area contributed by atoms with E-state index >= 15 is 0 Å². The van der Waals surface area contributed by atoms with E-state index in [9.17, 15) is 4.79 Å². The number of carbonyl (C=O) groups is 1. The molecule has 2 rings (SSSR count). The first-order valence-corrected chi connectivity index (χ1v) is 5.74. The number of aromatic nitrogens is 1. The largest absolute Gasteiger partial charge is 0.353 e. The van der Waals surface area contributed by atoms with Crippen molar-refractivity contribution in [2.45, 2.75) is 51.4 Å². The Kier molecular flexibility index (Phi) is 3.19. The average Bonchev–Trinajstić information content (AvgIpc) is 2.55. The molecule has 3 heteroatoms. The van der Waals surface area contributed by atoms with E-state index in [0.717, 1.165) is 5.56 Å². The van der Waals surface area contributed by atoms with Gasteiger partial charge >= 0.3 is 0 Å². The van der Waals surface area contributed by atoms with Crippen molar-refractivity contribution >= 4 is 5.78 Å². The van der Waals surface area contributed by atoms with Gasteiger partial charge in [-0.25, -0.2) is 0 Å². The lowest BCUT2D eigenvalue weighted by Gasteiger charge is -2.11. The summed E-state index contributed by atoms with van der Waals surface area (Å²) in [7, 11) is 0. The molecule has 0 amide bonds. The third kappa shape index (κ3) is 2.28. The normalized spacial score (nSPS) is 18.7. The second kappa shape index (κ2) is 4.60. The Morgan fingerprint density at radius 2 is 2.00 bits per heavy atom. The number of nitrogens with zero attached hydrogens (tertiary/aromatic N) is 1. The molecular weight excluding hydrogens is 190 g/mol. The average molecular weight is 207 g/mol. The molecule has 1 aliphatic rings. The van der Waals surface area contributed by atoms with Crippen LogP contribution in [0, 0.1) is 0 Å². The molecule has 0 unspecified atom stereocenters. The predicted molar refractivity (Wildman–Crippen MR) is 57.0 cm³/mol. The van der Waals surface area contributed by atoms with Gasteiger partial charge in [0.1, 0.15) is 0 Å². The van der Waals surface area contributed by atoms with Gasteiger partial charge in [-0.2, -0.15) is 0 Å². The summed E-state index contributed by atoms with van der Waals surface area (Å²) in [6.07, 6.45) is 9.21. The van der Waals surface area contributed by atoms with Crippen LogP contribution < -0.4 is 0 Å². The van der Waals surface area contributed by atoms with Crippen molar-refractivity contribution in [2.24, 2.45) is 0 Å². The van der Waals surface area contributed by atoms with E-state index in [1.54, 1.807) is 13.1 Å². The highest BCUT2D eigenvalue weighted by Crippen LogP contribution is 2.33. The SMILES string of the molecule is CC(=O)c1oncc1C1CCCCCC1. The Labute approximate surface area is 89.8 Å². The summed E-state index contributed by atoms with van der Waals surface area (Å²) in [6.45, 7) is 1.54. The summed E-state index contributed by atoms with van der Waals surface area (Å²) in [5, 5.41) is 3.75. The summed E-state index contributed by atoms with van der Waals surface area (Å²) < 4.78 is 5.02. The van der Waals surface area contributed by atoms with Gasteiger partial charge in [-0.3, -0.25) is 4.79 Å². The molecule has 1 aromatic rings. The lowest BCUT2D eigenvalue weighted by molar-refractivity contribution is 0.0976. The summed E-state index contributed by atoms with van der Waals surface area (Å²) in [5.41, 5.74) is 1.03. The van der Waals surface area contributed by atoms with Crippen molar-refractivity contribution < 1.29 is 9.32 Å². The standard InChI is InChI=1S/C12H17NO2/c1-9(14)12-11(8-13-15-12)10-6-4-2-3-5-7-10/h8,10H,2-7H2,1H3. The summed E-state index contributed by atoms with van der Waals surface area (Å²) >= 11 is 0. The zero-order chi connectivity index (χ0) is 10.7. The highest BCUT2D eigenvalue weighted by atomic mass is 16.5. The van der Waals surface area contributed by atoms with E-state index in [4.69, 9.17) is 4.52 Å². The molecule has 0 saturated heterocycles. The van der Waals surface area contributed by atoms with E-state index in [-0.39, 0.29) is 5.78 Å². The molecule has 0 bridgehead atoms. The first-order valence-electron chi connectivity index (χ1n) is 5.74. The van der Waals surface area contributed by atoms with Crippen molar-refractivity contribution in [3.8, 4) is 0 Å². The highest BCUT2D eigenvalue weighted by Gasteiger charge is 2.22. The molecule has 15 heavy (non-hydrogen) atoms. The van der Waals surface area contributed by atoms with Crippen molar-refractivity contribution in [3.63, 3.8) is 0 Å². The van der Waals surface area contributed by atoms with E-state index in [0.29, 0.717) is 11.7 Å². The van der Waals surface area contributed by atoms with Crippen LogP contribution in [0.25, 0.3) is 0 Å². The number of carbonyl (C=O) groups excluding carboxylic acids is 1. The lowest BCUT2D eigenvalue weighted by Crippen LogP contribution is -2.02. The van der Waals surface area contributed by atoms with Gasteiger partial charge in [-0.15, -0.1) is 0 Å². The first kappa shape index (κ1) is 10.4. The van der Waals surface area contributed by atoms with Gasteiger partial charge in [0.2, 0.25) is 5.76 Å². The second-order valence-electron chi connectivity index (χ2n) is 4.35. The number of hydrogen-bond donors (Lipinski definition) is 0. The minimum absolute atomic E-state index is 0.00764. The highest BCUT2D eigenvalue weighted by molar-refractivity contribution is 5.92. The molecule has 0 N–H and O–H groups in total. The van der Waals surface area contributed by atoms with E-state index in [1.165, 1.54) is 38.5 Å². The fourth-order valence-corrected chi connectivity index (χ4v) is 2.40. The van der Waals surface area contributed by atoms with Crippen molar-refractivity contribution in [2.75, 3.05) is 0 Å². The number of hydrogen-bond acceptors (Lipinski definition) is 3. The zero-order valence-corrected chi connectivity index (χ0v) is 9.16. The van der Waals surface area contributed by atoms with E-state index in [2.05, 4.69) is 5.16 Å². The van der Waals surface area contributed by atoms with Gasteiger partial charge in [0.25, 0.3) is 0 Å². The summed E-state index contributed by atoms with van der Waals surface area (Å²) in [5.74, 6) is 0.950. The van der Waals surface area contributed by atoms with Gasteiger partial charge in [0.15, 0.2) is 5.78 Å². The van der Waals surface area contributed by atoms with Gasteiger partial charge in [0, 0.05) is 12.5 Å². The minimum Gasteiger partial charge on any atom is -0.353 e. The van der Waals surface area contributed by atoms with Crippen LogP contribution in [0.3, 0.4) is 0 Å². The fraction of sp³-hybridized carbons (Fsp3) is 0.667. The molecule has 0 aliphatic heterocycles. The molecule has 1 heterocycles. The molecule has 0 atom stereocenters. The van der Waals surface area contributed by atoms with Gasteiger partial charge < -0.3 is 4.52 Å². The molecular formula is C12H17NO2. The molecule has 0 spiro atoms. The second-order valence-corrected chi connectivity index (χ2v) is 4.35. The Morgan fingerprint density at radius 3 is 2.60 bits per heavy atom. The number of Topliss-reactive ketones (excluding diaryl/α,β-unsaturated/α-hetero) is 1. The van der Waals surface area contributed by atoms with Crippen LogP contribution >= 0.6 is 0 Å². The van der Waals surface area contributed by atoms with Gasteiger partial charge in [0.05, 0.1) is 6.20 Å². The Morgan fingerprint density at radius 1 is 1.33 bits per heavy atom. The predicted octanol–water partition coefficient (Wildman–Crippen LogP) is 3.32. The maximum Gasteiger partial charge on any atom is 0.205 e. The molecule has 3 nitrogen and oxygen atoms in total.